The summed E-state index contributed by atoms with van der Waals surface area (Å²) in [4.78, 5) is 13.8. The highest BCUT2D eigenvalue weighted by molar-refractivity contribution is 9.10. The molecule has 98 valence electrons. The Morgan fingerprint density at radius 2 is 2.33 bits per heavy atom. The van der Waals surface area contributed by atoms with Crippen LogP contribution in [0, 0.1) is 0 Å². The van der Waals surface area contributed by atoms with E-state index in [2.05, 4.69) is 20.8 Å². The smallest absolute Gasteiger partial charge is 0.325 e. The van der Waals surface area contributed by atoms with E-state index in [9.17, 15) is 4.79 Å². The van der Waals surface area contributed by atoms with Gasteiger partial charge >= 0.3 is 5.97 Å². The summed E-state index contributed by atoms with van der Waals surface area (Å²) in [5, 5.41) is 0. The second kappa shape index (κ2) is 6.31. The zero-order valence-electron chi connectivity index (χ0n) is 10.3. The van der Waals surface area contributed by atoms with Crippen LogP contribution in [0.25, 0.3) is 0 Å². The van der Waals surface area contributed by atoms with Gasteiger partial charge in [0.15, 0.2) is 0 Å². The van der Waals surface area contributed by atoms with Crippen LogP contribution in [0.5, 0.6) is 0 Å². The first-order valence-electron chi connectivity index (χ1n) is 5.85. The molecule has 1 saturated heterocycles. The minimum absolute atomic E-state index is 0.234. The standard InChI is InChI=1S/C13H16BrNO3/c1-17-13(16)12-9-18-7-6-15(12)8-10-4-2-3-5-11(10)14/h2-5,12H,6-9H2,1H3. The molecule has 4 nitrogen and oxygen atoms in total. The Balaban J connectivity index is 2.10. The van der Waals surface area contributed by atoms with Crippen molar-refractivity contribution in [3.63, 3.8) is 0 Å². The number of carbonyl (C=O) groups excluding carboxylic acids is 1. The Morgan fingerprint density at radius 1 is 1.56 bits per heavy atom. The first kappa shape index (κ1) is 13.5. The molecule has 0 saturated carbocycles. The molecule has 5 heteroatoms. The molecule has 0 spiro atoms. The van der Waals surface area contributed by atoms with Crippen LogP contribution in [-0.2, 0) is 20.8 Å². The second-order valence-electron chi connectivity index (χ2n) is 4.18. The van der Waals surface area contributed by atoms with E-state index in [0.29, 0.717) is 19.8 Å². The van der Waals surface area contributed by atoms with E-state index in [1.54, 1.807) is 0 Å². The van der Waals surface area contributed by atoms with Crippen LogP contribution in [0.4, 0.5) is 0 Å². The van der Waals surface area contributed by atoms with Gasteiger partial charge in [0.2, 0.25) is 0 Å². The predicted molar refractivity (Wildman–Crippen MR) is 71.2 cm³/mol. The number of morpholine rings is 1. The summed E-state index contributed by atoms with van der Waals surface area (Å²) in [5.41, 5.74) is 1.16. The molecule has 18 heavy (non-hydrogen) atoms. The van der Waals surface area contributed by atoms with Crippen molar-refractivity contribution in [1.29, 1.82) is 0 Å². The van der Waals surface area contributed by atoms with Crippen LogP contribution in [0.3, 0.4) is 0 Å². The fourth-order valence-corrected chi connectivity index (χ4v) is 2.44. The fraction of sp³-hybridized carbons (Fsp3) is 0.462. The maximum Gasteiger partial charge on any atom is 0.325 e. The van der Waals surface area contributed by atoms with E-state index >= 15 is 0 Å². The Hall–Kier alpha value is -0.910. The average Bonchev–Trinajstić information content (AvgIpc) is 2.41. The average molecular weight is 314 g/mol. The van der Waals surface area contributed by atoms with E-state index < -0.39 is 0 Å². The number of halogens is 1. The molecule has 2 rings (SSSR count). The van der Waals surface area contributed by atoms with Gasteiger partial charge < -0.3 is 9.47 Å². The van der Waals surface area contributed by atoms with Crippen molar-refractivity contribution >= 4 is 21.9 Å². The lowest BCUT2D eigenvalue weighted by molar-refractivity contribution is -0.153. The molecule has 0 radical (unpaired) electrons. The lowest BCUT2D eigenvalue weighted by atomic mass is 10.1. The van der Waals surface area contributed by atoms with E-state index in [1.807, 2.05) is 24.3 Å². The molecule has 1 unspecified atom stereocenters. The molecule has 0 bridgehead atoms. The third-order valence-corrected chi connectivity index (χ3v) is 3.82. The molecule has 1 aromatic carbocycles. The number of hydrogen-bond donors (Lipinski definition) is 0. The molecule has 1 aliphatic rings. The molecule has 0 aliphatic carbocycles. The zero-order valence-corrected chi connectivity index (χ0v) is 11.9. The van der Waals surface area contributed by atoms with Crippen LogP contribution in [0.15, 0.2) is 28.7 Å². The number of nitrogens with zero attached hydrogens (tertiary/aromatic N) is 1. The van der Waals surface area contributed by atoms with Crippen LogP contribution < -0.4 is 0 Å². The van der Waals surface area contributed by atoms with Crippen molar-refractivity contribution < 1.29 is 14.3 Å². The van der Waals surface area contributed by atoms with E-state index in [1.165, 1.54) is 7.11 Å². The predicted octanol–water partition coefficient (Wildman–Crippen LogP) is 1.82. The number of carbonyl (C=O) groups is 1. The quantitative estimate of drug-likeness (QED) is 0.798. The summed E-state index contributed by atoms with van der Waals surface area (Å²) >= 11 is 3.52. The molecule has 1 atom stereocenters. The molecule has 1 fully saturated rings. The van der Waals surface area contributed by atoms with Crippen molar-refractivity contribution in [1.82, 2.24) is 4.90 Å². The highest BCUT2D eigenvalue weighted by Crippen LogP contribution is 2.20. The largest absolute Gasteiger partial charge is 0.468 e. The summed E-state index contributed by atoms with van der Waals surface area (Å²) in [6.45, 7) is 2.50. The van der Waals surface area contributed by atoms with Crippen molar-refractivity contribution in [2.75, 3.05) is 26.9 Å². The summed E-state index contributed by atoms with van der Waals surface area (Å²) in [5.74, 6) is -0.234. The number of methoxy groups -OCH3 is 1. The topological polar surface area (TPSA) is 38.8 Å². The normalized spacial score (nSPS) is 20.7. The Labute approximate surface area is 115 Å². The molecule has 0 aromatic heterocycles. The molecular weight excluding hydrogens is 298 g/mol. The summed E-state index contributed by atoms with van der Waals surface area (Å²) in [6.07, 6.45) is 0. The molecule has 1 heterocycles. The van der Waals surface area contributed by atoms with Gasteiger partial charge in [-0.1, -0.05) is 34.1 Å². The first-order chi connectivity index (χ1) is 8.72. The molecule has 1 aliphatic heterocycles. The van der Waals surface area contributed by atoms with Gasteiger partial charge in [-0.15, -0.1) is 0 Å². The lowest BCUT2D eigenvalue weighted by Gasteiger charge is -2.33. The zero-order chi connectivity index (χ0) is 13.0. The summed E-state index contributed by atoms with van der Waals surface area (Å²) < 4.78 is 11.2. The number of esters is 1. The van der Waals surface area contributed by atoms with Crippen molar-refractivity contribution in [2.45, 2.75) is 12.6 Å². The second-order valence-corrected chi connectivity index (χ2v) is 5.03. The van der Waals surface area contributed by atoms with Gasteiger partial charge in [-0.3, -0.25) is 9.69 Å². The van der Waals surface area contributed by atoms with E-state index in [-0.39, 0.29) is 12.0 Å². The van der Waals surface area contributed by atoms with Gasteiger partial charge in [0, 0.05) is 17.6 Å². The maximum absolute atomic E-state index is 11.7. The minimum atomic E-state index is -0.309. The Morgan fingerprint density at radius 3 is 3.06 bits per heavy atom. The fourth-order valence-electron chi connectivity index (χ4n) is 2.03. The molecule has 1 aromatic rings. The number of hydrogen-bond acceptors (Lipinski definition) is 4. The van der Waals surface area contributed by atoms with E-state index in [0.717, 1.165) is 16.6 Å². The first-order valence-corrected chi connectivity index (χ1v) is 6.64. The molecular formula is C13H16BrNO3. The summed E-state index contributed by atoms with van der Waals surface area (Å²) in [6, 6.07) is 7.71. The van der Waals surface area contributed by atoms with E-state index in [4.69, 9.17) is 9.47 Å². The van der Waals surface area contributed by atoms with Crippen LogP contribution >= 0.6 is 15.9 Å². The lowest BCUT2D eigenvalue weighted by Crippen LogP contribution is -2.49. The van der Waals surface area contributed by atoms with Gasteiger partial charge in [0.05, 0.1) is 20.3 Å². The van der Waals surface area contributed by atoms with Crippen molar-refractivity contribution in [3.05, 3.63) is 34.3 Å². The van der Waals surface area contributed by atoms with Crippen LogP contribution in [0.2, 0.25) is 0 Å². The molecule has 0 N–H and O–H groups in total. The number of benzene rings is 1. The maximum atomic E-state index is 11.7. The van der Waals surface area contributed by atoms with Crippen LogP contribution in [0.1, 0.15) is 5.56 Å². The van der Waals surface area contributed by atoms with Gasteiger partial charge in [-0.2, -0.15) is 0 Å². The third-order valence-electron chi connectivity index (χ3n) is 3.04. The highest BCUT2D eigenvalue weighted by atomic mass is 79.9. The minimum Gasteiger partial charge on any atom is -0.468 e. The van der Waals surface area contributed by atoms with Gasteiger partial charge in [-0.05, 0) is 11.6 Å². The van der Waals surface area contributed by atoms with Crippen molar-refractivity contribution in [2.24, 2.45) is 0 Å². The van der Waals surface area contributed by atoms with Gasteiger partial charge in [0.25, 0.3) is 0 Å². The SMILES string of the molecule is COC(=O)C1COCCN1Cc1ccccc1Br. The number of rotatable bonds is 3. The Bertz CT molecular complexity index is 424. The third kappa shape index (κ3) is 3.10. The van der Waals surface area contributed by atoms with Gasteiger partial charge in [-0.25, -0.2) is 0 Å². The van der Waals surface area contributed by atoms with Crippen molar-refractivity contribution in [3.8, 4) is 0 Å². The Kier molecular flexibility index (Phi) is 4.74. The summed E-state index contributed by atoms with van der Waals surface area (Å²) in [7, 11) is 1.41. The van der Waals surface area contributed by atoms with Crippen LogP contribution in [-0.4, -0.2) is 43.8 Å². The highest BCUT2D eigenvalue weighted by Gasteiger charge is 2.30. The van der Waals surface area contributed by atoms with Gasteiger partial charge in [0.1, 0.15) is 6.04 Å². The number of ether oxygens (including phenoxy) is 2. The molecule has 0 amide bonds. The monoisotopic (exact) mass is 313 g/mol.